The summed E-state index contributed by atoms with van der Waals surface area (Å²) in [6.45, 7) is 13.2. The van der Waals surface area contributed by atoms with Crippen LogP contribution in [-0.2, 0) is 16.8 Å². The number of carbonyl (C=O) groups is 2. The number of aromatic amines is 1. The largest absolute Gasteiger partial charge is 0.381 e. The molecule has 2 N–H and O–H groups in total. The Hall–Kier alpha value is -2.98. The highest BCUT2D eigenvalue weighted by atomic mass is 16.5. The normalized spacial score (nSPS) is 24.2. The number of anilines is 1. The van der Waals surface area contributed by atoms with Crippen molar-refractivity contribution in [2.75, 3.05) is 38.2 Å². The van der Waals surface area contributed by atoms with Gasteiger partial charge in [-0.05, 0) is 71.6 Å². The molecule has 0 aromatic carbocycles. The van der Waals surface area contributed by atoms with Gasteiger partial charge in [0.1, 0.15) is 5.69 Å². The van der Waals surface area contributed by atoms with E-state index >= 15 is 0 Å². The van der Waals surface area contributed by atoms with Gasteiger partial charge in [0.2, 0.25) is 0 Å². The summed E-state index contributed by atoms with van der Waals surface area (Å²) in [6, 6.07) is 5.65. The van der Waals surface area contributed by atoms with Crippen molar-refractivity contribution in [2.24, 2.45) is 5.92 Å². The van der Waals surface area contributed by atoms with Crippen LogP contribution in [-0.4, -0.2) is 86.8 Å². The third kappa shape index (κ3) is 5.09. The molecule has 5 heterocycles. The molecule has 0 radical (unpaired) electrons. The summed E-state index contributed by atoms with van der Waals surface area (Å²) in [4.78, 5) is 37.1. The van der Waals surface area contributed by atoms with Crippen LogP contribution in [0, 0.1) is 5.92 Å². The van der Waals surface area contributed by atoms with Gasteiger partial charge in [0, 0.05) is 50.1 Å². The molecule has 3 aliphatic heterocycles. The third-order valence-corrected chi connectivity index (χ3v) is 8.36. The summed E-state index contributed by atoms with van der Waals surface area (Å²) in [5.41, 5.74) is 1.45. The van der Waals surface area contributed by atoms with Crippen molar-refractivity contribution in [1.29, 1.82) is 0 Å². The van der Waals surface area contributed by atoms with Crippen molar-refractivity contribution in [3.63, 3.8) is 0 Å². The number of nitrogens with zero attached hydrogens (tertiary/aromatic N) is 5. The van der Waals surface area contributed by atoms with Gasteiger partial charge >= 0.3 is 6.03 Å². The molecule has 10 heteroatoms. The Morgan fingerprint density at radius 1 is 1.16 bits per heavy atom. The van der Waals surface area contributed by atoms with E-state index in [1.807, 2.05) is 23.6 Å². The number of fused-ring (bicyclic) bond motifs is 1. The number of ether oxygens (including phenoxy) is 1. The predicted molar refractivity (Wildman–Crippen MR) is 140 cm³/mol. The van der Waals surface area contributed by atoms with Crippen molar-refractivity contribution < 1.29 is 14.3 Å². The number of carbonyl (C=O) groups excluding carboxylic acids is 2. The monoisotopic (exact) mass is 509 g/mol. The Labute approximate surface area is 218 Å². The molecule has 0 unspecified atom stereocenters. The maximum absolute atomic E-state index is 13.9. The lowest BCUT2D eigenvalue weighted by Gasteiger charge is -2.47. The Bertz CT molecular complexity index is 1110. The lowest BCUT2D eigenvalue weighted by atomic mass is 9.95. The minimum Gasteiger partial charge on any atom is -0.381 e. The van der Waals surface area contributed by atoms with E-state index in [0.717, 1.165) is 56.3 Å². The molecule has 3 aliphatic rings. The van der Waals surface area contributed by atoms with Crippen LogP contribution in [0.5, 0.6) is 0 Å². The van der Waals surface area contributed by atoms with Crippen molar-refractivity contribution in [2.45, 2.75) is 71.1 Å². The lowest BCUT2D eigenvalue weighted by Crippen LogP contribution is -2.61. The molecule has 2 aromatic heterocycles. The van der Waals surface area contributed by atoms with Gasteiger partial charge in [-0.1, -0.05) is 6.07 Å². The van der Waals surface area contributed by atoms with Crippen LogP contribution in [0.3, 0.4) is 0 Å². The van der Waals surface area contributed by atoms with Crippen LogP contribution in [0.25, 0.3) is 0 Å². The quantitative estimate of drug-likeness (QED) is 0.640. The molecule has 200 valence electrons. The summed E-state index contributed by atoms with van der Waals surface area (Å²) >= 11 is 0. The average molecular weight is 510 g/mol. The van der Waals surface area contributed by atoms with Gasteiger partial charge in [-0.15, -0.1) is 0 Å². The number of piperazine rings is 1. The number of aromatic nitrogens is 3. The molecular formula is C27H39N7O3. The highest BCUT2D eigenvalue weighted by Crippen LogP contribution is 2.41. The van der Waals surface area contributed by atoms with E-state index in [-0.39, 0.29) is 18.0 Å². The SMILES string of the molecule is C[C@@H]1CN(C(=O)N2Cc3c(NC(=O)c4ccccn4)n[nH]c3C2(C)C)[C@@H](C)CN1CCC1CCOCC1. The fraction of sp³-hybridized carbons (Fsp3) is 0.630. The zero-order valence-corrected chi connectivity index (χ0v) is 22.4. The van der Waals surface area contributed by atoms with Crippen LogP contribution >= 0.6 is 0 Å². The topological polar surface area (TPSA) is 107 Å². The minimum absolute atomic E-state index is 0.0278. The molecule has 5 rings (SSSR count). The third-order valence-electron chi connectivity index (χ3n) is 8.36. The van der Waals surface area contributed by atoms with Crippen molar-refractivity contribution >= 4 is 17.8 Å². The van der Waals surface area contributed by atoms with Crippen LogP contribution in [0.2, 0.25) is 0 Å². The molecule has 0 saturated carbocycles. The fourth-order valence-corrected chi connectivity index (χ4v) is 5.91. The maximum atomic E-state index is 13.9. The number of urea groups is 1. The zero-order chi connectivity index (χ0) is 26.2. The first-order valence-electron chi connectivity index (χ1n) is 13.5. The Balaban J connectivity index is 1.23. The number of rotatable bonds is 5. The van der Waals surface area contributed by atoms with Crippen LogP contribution in [0.15, 0.2) is 24.4 Å². The summed E-state index contributed by atoms with van der Waals surface area (Å²) in [7, 11) is 0. The Morgan fingerprint density at radius 3 is 2.68 bits per heavy atom. The number of hydrogen-bond acceptors (Lipinski definition) is 6. The molecule has 2 atom stereocenters. The number of amides is 3. The summed E-state index contributed by atoms with van der Waals surface area (Å²) in [5, 5.41) is 10.3. The lowest BCUT2D eigenvalue weighted by molar-refractivity contribution is 0.0249. The number of hydrogen-bond donors (Lipinski definition) is 2. The maximum Gasteiger partial charge on any atom is 0.321 e. The number of H-pyrrole nitrogens is 1. The fourth-order valence-electron chi connectivity index (χ4n) is 5.91. The highest BCUT2D eigenvalue weighted by Gasteiger charge is 2.46. The van der Waals surface area contributed by atoms with E-state index in [0.29, 0.717) is 30.6 Å². The van der Waals surface area contributed by atoms with E-state index in [2.05, 4.69) is 39.2 Å². The van der Waals surface area contributed by atoms with Gasteiger partial charge < -0.3 is 19.9 Å². The molecule has 2 aromatic rings. The molecule has 0 spiro atoms. The second-order valence-corrected chi connectivity index (χ2v) is 11.2. The van der Waals surface area contributed by atoms with Gasteiger partial charge in [-0.25, -0.2) is 4.79 Å². The van der Waals surface area contributed by atoms with Gasteiger partial charge in [-0.3, -0.25) is 19.8 Å². The molecule has 2 fully saturated rings. The van der Waals surface area contributed by atoms with Crippen molar-refractivity contribution in [1.82, 2.24) is 29.9 Å². The number of nitrogens with one attached hydrogen (secondary N) is 2. The molecule has 0 bridgehead atoms. The molecule has 37 heavy (non-hydrogen) atoms. The zero-order valence-electron chi connectivity index (χ0n) is 22.4. The van der Waals surface area contributed by atoms with Gasteiger partial charge in [-0.2, -0.15) is 5.10 Å². The standard InChI is InChI=1S/C27H39N7O3/c1-18-16-33(19(2)15-32(18)12-8-20-9-13-37-14-10-20)26(36)34-17-21-23(27(34,3)4)30-31-24(21)29-25(35)22-7-5-6-11-28-22/h5-7,11,18-20H,8-10,12-17H2,1-4H3,(H2,29,30,31,35)/t18-,19+/m1/s1. The Kier molecular flexibility index (Phi) is 7.22. The van der Waals surface area contributed by atoms with Crippen LogP contribution < -0.4 is 5.32 Å². The van der Waals surface area contributed by atoms with Gasteiger partial charge in [0.05, 0.1) is 17.8 Å². The van der Waals surface area contributed by atoms with Crippen molar-refractivity contribution in [3.05, 3.63) is 41.3 Å². The van der Waals surface area contributed by atoms with E-state index in [1.54, 1.807) is 24.4 Å². The first-order valence-corrected chi connectivity index (χ1v) is 13.5. The Morgan fingerprint density at radius 2 is 1.95 bits per heavy atom. The second-order valence-electron chi connectivity index (χ2n) is 11.2. The summed E-state index contributed by atoms with van der Waals surface area (Å²) in [6.07, 6.45) is 5.10. The van der Waals surface area contributed by atoms with Gasteiger partial charge in [0.25, 0.3) is 5.91 Å². The number of pyridine rings is 1. The van der Waals surface area contributed by atoms with Crippen LogP contribution in [0.1, 0.15) is 68.7 Å². The molecule has 10 nitrogen and oxygen atoms in total. The highest BCUT2D eigenvalue weighted by molar-refractivity contribution is 6.02. The first-order chi connectivity index (χ1) is 17.8. The average Bonchev–Trinajstić information content (AvgIpc) is 3.42. The molecule has 2 saturated heterocycles. The molecular weight excluding hydrogens is 470 g/mol. The second kappa shape index (κ2) is 10.4. The summed E-state index contributed by atoms with van der Waals surface area (Å²) < 4.78 is 5.51. The molecule has 3 amide bonds. The predicted octanol–water partition coefficient (Wildman–Crippen LogP) is 3.44. The smallest absolute Gasteiger partial charge is 0.321 e. The van der Waals surface area contributed by atoms with Crippen molar-refractivity contribution in [3.8, 4) is 0 Å². The van der Waals surface area contributed by atoms with E-state index in [4.69, 9.17) is 4.74 Å². The van der Waals surface area contributed by atoms with Crippen LogP contribution in [0.4, 0.5) is 10.6 Å². The van der Waals surface area contributed by atoms with E-state index < -0.39 is 5.54 Å². The molecule has 0 aliphatic carbocycles. The van der Waals surface area contributed by atoms with E-state index in [1.165, 1.54) is 6.42 Å². The van der Waals surface area contributed by atoms with E-state index in [9.17, 15) is 9.59 Å². The van der Waals surface area contributed by atoms with Gasteiger partial charge in [0.15, 0.2) is 5.82 Å². The minimum atomic E-state index is -0.573. The first kappa shape index (κ1) is 25.7. The summed E-state index contributed by atoms with van der Waals surface area (Å²) in [5.74, 6) is 0.876.